The second-order valence-corrected chi connectivity index (χ2v) is 6.26. The van der Waals surface area contributed by atoms with E-state index in [1.807, 2.05) is 36.5 Å². The number of amides is 1. The number of carbonyl (C=O) groups excluding carboxylic acids is 1. The molecule has 1 heterocycles. The van der Waals surface area contributed by atoms with Gasteiger partial charge in [-0.3, -0.25) is 4.79 Å². The average molecular weight is 313 g/mol. The third kappa shape index (κ3) is 4.20. The van der Waals surface area contributed by atoms with Gasteiger partial charge in [-0.15, -0.1) is 0 Å². The van der Waals surface area contributed by atoms with Crippen LogP contribution in [0.2, 0.25) is 0 Å². The van der Waals surface area contributed by atoms with Crippen LogP contribution in [0.1, 0.15) is 31.2 Å². The summed E-state index contributed by atoms with van der Waals surface area (Å²) in [6, 6.07) is 10.0. The van der Waals surface area contributed by atoms with Crippen LogP contribution in [-0.2, 0) is 11.2 Å². The zero-order valence-electron chi connectivity index (χ0n) is 13.2. The average Bonchev–Trinajstić information content (AvgIpc) is 3.11. The minimum absolute atomic E-state index is 0.0734. The Hall–Kier alpha value is -2.14. The van der Waals surface area contributed by atoms with Crippen molar-refractivity contribution in [1.82, 2.24) is 15.1 Å². The Morgan fingerprint density at radius 3 is 2.57 bits per heavy atom. The molecule has 2 aromatic rings. The van der Waals surface area contributed by atoms with Crippen molar-refractivity contribution in [2.24, 2.45) is 5.92 Å². The third-order valence-electron chi connectivity index (χ3n) is 4.54. The minimum Gasteiger partial charge on any atom is -0.396 e. The molecular weight excluding hydrogens is 290 g/mol. The van der Waals surface area contributed by atoms with Crippen LogP contribution in [-0.4, -0.2) is 33.4 Å². The van der Waals surface area contributed by atoms with Gasteiger partial charge in [0.15, 0.2) is 0 Å². The van der Waals surface area contributed by atoms with Gasteiger partial charge in [-0.2, -0.15) is 5.10 Å². The number of hydrogen-bond acceptors (Lipinski definition) is 3. The number of nitrogens with one attached hydrogen (secondary N) is 1. The van der Waals surface area contributed by atoms with Gasteiger partial charge < -0.3 is 10.4 Å². The van der Waals surface area contributed by atoms with Gasteiger partial charge >= 0.3 is 0 Å². The molecule has 1 saturated carbocycles. The zero-order valence-corrected chi connectivity index (χ0v) is 13.2. The van der Waals surface area contributed by atoms with E-state index in [0.717, 1.165) is 36.9 Å². The van der Waals surface area contributed by atoms with Crippen molar-refractivity contribution in [3.05, 3.63) is 48.3 Å². The van der Waals surface area contributed by atoms with Crippen LogP contribution < -0.4 is 5.32 Å². The van der Waals surface area contributed by atoms with Gasteiger partial charge in [-0.25, -0.2) is 4.68 Å². The van der Waals surface area contributed by atoms with Gasteiger partial charge in [0.1, 0.15) is 0 Å². The lowest BCUT2D eigenvalue weighted by Gasteiger charge is -2.28. The lowest BCUT2D eigenvalue weighted by atomic mass is 9.86. The maximum Gasteiger partial charge on any atom is 0.224 e. The van der Waals surface area contributed by atoms with Crippen molar-refractivity contribution in [1.29, 1.82) is 0 Å². The highest BCUT2D eigenvalue weighted by Gasteiger charge is 2.21. The lowest BCUT2D eigenvalue weighted by Crippen LogP contribution is -2.38. The smallest absolute Gasteiger partial charge is 0.224 e. The van der Waals surface area contributed by atoms with Crippen molar-refractivity contribution in [3.8, 4) is 5.69 Å². The normalized spacial score (nSPS) is 21.1. The Balaban J connectivity index is 1.50. The van der Waals surface area contributed by atoms with E-state index in [4.69, 9.17) is 5.11 Å². The maximum absolute atomic E-state index is 12.2. The summed E-state index contributed by atoms with van der Waals surface area (Å²) < 4.78 is 1.80. The van der Waals surface area contributed by atoms with E-state index in [-0.39, 0.29) is 18.6 Å². The van der Waals surface area contributed by atoms with Crippen molar-refractivity contribution in [2.75, 3.05) is 6.61 Å². The van der Waals surface area contributed by atoms with E-state index in [1.165, 1.54) is 0 Å². The Morgan fingerprint density at radius 2 is 1.96 bits per heavy atom. The van der Waals surface area contributed by atoms with Crippen molar-refractivity contribution >= 4 is 5.91 Å². The Morgan fingerprint density at radius 1 is 1.22 bits per heavy atom. The predicted molar refractivity (Wildman–Crippen MR) is 88.2 cm³/mol. The quantitative estimate of drug-likeness (QED) is 0.888. The molecule has 0 atom stereocenters. The van der Waals surface area contributed by atoms with Crippen molar-refractivity contribution < 1.29 is 9.90 Å². The molecule has 1 aliphatic carbocycles. The Bertz CT molecular complexity index is 614. The lowest BCUT2D eigenvalue weighted by molar-refractivity contribution is -0.121. The first kappa shape index (κ1) is 15.7. The molecule has 1 aliphatic rings. The number of rotatable bonds is 5. The fourth-order valence-electron chi connectivity index (χ4n) is 3.14. The molecule has 0 radical (unpaired) electrons. The van der Waals surface area contributed by atoms with Gasteiger partial charge in [0.05, 0.1) is 12.1 Å². The van der Waals surface area contributed by atoms with Crippen LogP contribution in [0.5, 0.6) is 0 Å². The second-order valence-electron chi connectivity index (χ2n) is 6.26. The van der Waals surface area contributed by atoms with E-state index >= 15 is 0 Å². The molecule has 1 aromatic heterocycles. The summed E-state index contributed by atoms with van der Waals surface area (Å²) in [4.78, 5) is 12.2. The van der Waals surface area contributed by atoms with Gasteiger partial charge in [0.2, 0.25) is 5.91 Å². The van der Waals surface area contributed by atoms with E-state index < -0.39 is 0 Å². The maximum atomic E-state index is 12.2. The van der Waals surface area contributed by atoms with Crippen LogP contribution in [0.3, 0.4) is 0 Å². The fourth-order valence-corrected chi connectivity index (χ4v) is 3.14. The molecule has 1 amide bonds. The first-order valence-electron chi connectivity index (χ1n) is 8.24. The highest BCUT2D eigenvalue weighted by Crippen LogP contribution is 2.23. The zero-order chi connectivity index (χ0) is 16.1. The summed E-state index contributed by atoms with van der Waals surface area (Å²) in [5.41, 5.74) is 1.99. The highest BCUT2D eigenvalue weighted by molar-refractivity contribution is 5.78. The summed E-state index contributed by atoms with van der Waals surface area (Å²) in [7, 11) is 0. The SMILES string of the molecule is O=C(Cc1ccc(-n2cccn2)cc1)NC1CCC(CO)CC1. The first-order valence-corrected chi connectivity index (χ1v) is 8.24. The first-order chi connectivity index (χ1) is 11.2. The van der Waals surface area contributed by atoms with Crippen LogP contribution in [0, 0.1) is 5.92 Å². The Kier molecular flexibility index (Phi) is 5.08. The summed E-state index contributed by atoms with van der Waals surface area (Å²) in [5, 5.41) is 16.5. The second kappa shape index (κ2) is 7.42. The number of benzene rings is 1. The summed E-state index contributed by atoms with van der Waals surface area (Å²) in [5.74, 6) is 0.488. The highest BCUT2D eigenvalue weighted by atomic mass is 16.3. The number of aliphatic hydroxyl groups is 1. The number of carbonyl (C=O) groups is 1. The van der Waals surface area contributed by atoms with E-state index in [0.29, 0.717) is 12.3 Å². The third-order valence-corrected chi connectivity index (χ3v) is 4.54. The molecule has 0 unspecified atom stereocenters. The predicted octanol–water partition coefficient (Wildman–Crippen LogP) is 2.08. The molecule has 0 spiro atoms. The minimum atomic E-state index is 0.0734. The largest absolute Gasteiger partial charge is 0.396 e. The van der Waals surface area contributed by atoms with E-state index in [2.05, 4.69) is 10.4 Å². The molecule has 1 aromatic carbocycles. The van der Waals surface area contributed by atoms with Gasteiger partial charge in [0.25, 0.3) is 0 Å². The summed E-state index contributed by atoms with van der Waals surface area (Å²) in [6.07, 6.45) is 7.97. The molecule has 0 aliphatic heterocycles. The molecule has 5 nitrogen and oxygen atoms in total. The number of nitrogens with zero attached hydrogens (tertiary/aromatic N) is 2. The summed E-state index contributed by atoms with van der Waals surface area (Å²) >= 11 is 0. The molecule has 0 saturated heterocycles. The molecule has 122 valence electrons. The van der Waals surface area contributed by atoms with Gasteiger partial charge in [-0.1, -0.05) is 12.1 Å². The van der Waals surface area contributed by atoms with Crippen LogP contribution >= 0.6 is 0 Å². The standard InChI is InChI=1S/C18H23N3O2/c22-13-15-2-6-16(7-3-15)20-18(23)12-14-4-8-17(9-5-14)21-11-1-10-19-21/h1,4-5,8-11,15-16,22H,2-3,6-7,12-13H2,(H,20,23). The molecule has 23 heavy (non-hydrogen) atoms. The molecule has 0 bridgehead atoms. The van der Waals surface area contributed by atoms with Crippen LogP contribution in [0.25, 0.3) is 5.69 Å². The summed E-state index contributed by atoms with van der Waals surface area (Å²) in [6.45, 7) is 0.267. The van der Waals surface area contributed by atoms with Crippen LogP contribution in [0.4, 0.5) is 0 Å². The van der Waals surface area contributed by atoms with E-state index in [9.17, 15) is 4.79 Å². The van der Waals surface area contributed by atoms with Gasteiger partial charge in [-0.05, 0) is 55.4 Å². The molecule has 2 N–H and O–H groups in total. The topological polar surface area (TPSA) is 67.2 Å². The number of hydrogen-bond donors (Lipinski definition) is 2. The monoisotopic (exact) mass is 313 g/mol. The van der Waals surface area contributed by atoms with Crippen molar-refractivity contribution in [2.45, 2.75) is 38.1 Å². The Labute approximate surface area is 136 Å². The molecular formula is C18H23N3O2. The fraction of sp³-hybridized carbons (Fsp3) is 0.444. The van der Waals surface area contributed by atoms with E-state index in [1.54, 1.807) is 10.9 Å². The molecule has 5 heteroatoms. The number of aromatic nitrogens is 2. The van der Waals surface area contributed by atoms with Gasteiger partial charge in [0, 0.05) is 25.0 Å². The van der Waals surface area contributed by atoms with Crippen molar-refractivity contribution in [3.63, 3.8) is 0 Å². The molecule has 3 rings (SSSR count). The van der Waals surface area contributed by atoms with Crippen LogP contribution in [0.15, 0.2) is 42.7 Å². The molecule has 1 fully saturated rings. The number of aliphatic hydroxyl groups excluding tert-OH is 1.